The zero-order chi connectivity index (χ0) is 8.55. The Hall–Kier alpha value is -0.680. The van der Waals surface area contributed by atoms with E-state index in [2.05, 4.69) is 26.0 Å². The third-order valence-corrected chi connectivity index (χ3v) is 2.81. The van der Waals surface area contributed by atoms with Gasteiger partial charge in [0.1, 0.15) is 5.69 Å². The van der Waals surface area contributed by atoms with Crippen LogP contribution in [-0.4, -0.2) is 14.8 Å². The second kappa shape index (κ2) is 2.99. The average molecular weight is 244 g/mol. The molecule has 0 saturated carbocycles. The van der Waals surface area contributed by atoms with Gasteiger partial charge in [0, 0.05) is 19.4 Å². The van der Waals surface area contributed by atoms with Gasteiger partial charge in [0.25, 0.3) is 0 Å². The summed E-state index contributed by atoms with van der Waals surface area (Å²) in [5.74, 6) is 0. The number of thiazole rings is 1. The summed E-state index contributed by atoms with van der Waals surface area (Å²) in [5, 5.41) is 4.29. The normalized spacial score (nSPS) is 10.5. The number of halogens is 1. The molecule has 0 bridgehead atoms. The molecule has 0 unspecified atom stereocenters. The molecule has 0 aromatic carbocycles. The summed E-state index contributed by atoms with van der Waals surface area (Å²) in [4.78, 5) is 5.08. The van der Waals surface area contributed by atoms with E-state index >= 15 is 0 Å². The van der Waals surface area contributed by atoms with Crippen molar-refractivity contribution < 1.29 is 0 Å². The van der Waals surface area contributed by atoms with Crippen molar-refractivity contribution in [2.24, 2.45) is 7.05 Å². The molecule has 2 rings (SSSR count). The Labute approximate surface area is 82.2 Å². The van der Waals surface area contributed by atoms with Crippen molar-refractivity contribution in [3.63, 3.8) is 0 Å². The molecule has 2 heterocycles. The highest BCUT2D eigenvalue weighted by Crippen LogP contribution is 2.28. The minimum atomic E-state index is 0.958. The number of rotatable bonds is 1. The summed E-state index contributed by atoms with van der Waals surface area (Å²) < 4.78 is 2.79. The van der Waals surface area contributed by atoms with E-state index in [9.17, 15) is 0 Å². The summed E-state index contributed by atoms with van der Waals surface area (Å²) in [5.41, 5.74) is 2.76. The Bertz CT molecular complexity index is 379. The maximum atomic E-state index is 4.29. The second-order valence-electron chi connectivity index (χ2n) is 2.36. The van der Waals surface area contributed by atoms with Crippen LogP contribution in [-0.2, 0) is 7.05 Å². The molecule has 5 heteroatoms. The van der Waals surface area contributed by atoms with Crippen LogP contribution in [0, 0.1) is 0 Å². The van der Waals surface area contributed by atoms with Gasteiger partial charge in [-0.2, -0.15) is 5.10 Å². The molecule has 2 aromatic heterocycles. The fraction of sp³-hybridized carbons (Fsp3) is 0.143. The molecular weight excluding hydrogens is 238 g/mol. The Morgan fingerprint density at radius 2 is 2.42 bits per heavy atom. The summed E-state index contributed by atoms with van der Waals surface area (Å²) in [6.45, 7) is 0. The first-order chi connectivity index (χ1) is 5.77. The summed E-state index contributed by atoms with van der Waals surface area (Å²) in [6.07, 6.45) is 3.74. The maximum absolute atomic E-state index is 4.29. The lowest BCUT2D eigenvalue weighted by atomic mass is 10.4. The zero-order valence-corrected chi connectivity index (χ0v) is 8.76. The molecular formula is C7H6BrN3S. The highest BCUT2D eigenvalue weighted by atomic mass is 79.9. The molecule has 12 heavy (non-hydrogen) atoms. The van der Waals surface area contributed by atoms with Gasteiger partial charge >= 0.3 is 0 Å². The monoisotopic (exact) mass is 243 g/mol. The first-order valence-corrected chi connectivity index (χ1v) is 5.02. The van der Waals surface area contributed by atoms with Crippen molar-refractivity contribution in [2.75, 3.05) is 0 Å². The lowest BCUT2D eigenvalue weighted by Crippen LogP contribution is -1.86. The van der Waals surface area contributed by atoms with Gasteiger partial charge in [-0.3, -0.25) is 9.67 Å². The first-order valence-electron chi connectivity index (χ1n) is 3.35. The average Bonchev–Trinajstić information content (AvgIpc) is 2.58. The third-order valence-electron chi connectivity index (χ3n) is 1.45. The molecule has 0 aliphatic rings. The molecule has 3 nitrogen and oxygen atoms in total. The minimum absolute atomic E-state index is 0.958. The molecule has 0 aliphatic carbocycles. The maximum Gasteiger partial charge on any atom is 0.118 e. The predicted molar refractivity (Wildman–Crippen MR) is 52.0 cm³/mol. The SMILES string of the molecule is Cn1cc(Br)c(-c2cncs2)n1. The molecule has 0 aliphatic heterocycles. The zero-order valence-electron chi connectivity index (χ0n) is 6.36. The van der Waals surface area contributed by atoms with Gasteiger partial charge in [-0.15, -0.1) is 11.3 Å². The predicted octanol–water partition coefficient (Wildman–Crippen LogP) is 2.31. The van der Waals surface area contributed by atoms with E-state index in [-0.39, 0.29) is 0 Å². The Kier molecular flexibility index (Phi) is 1.98. The van der Waals surface area contributed by atoms with Gasteiger partial charge < -0.3 is 0 Å². The van der Waals surface area contributed by atoms with Crippen molar-refractivity contribution in [1.29, 1.82) is 0 Å². The van der Waals surface area contributed by atoms with Gasteiger partial charge in [-0.25, -0.2) is 0 Å². The van der Waals surface area contributed by atoms with Gasteiger partial charge in [-0.05, 0) is 15.9 Å². The van der Waals surface area contributed by atoms with Gasteiger partial charge in [0.05, 0.1) is 14.9 Å². The van der Waals surface area contributed by atoms with Crippen LogP contribution in [0.4, 0.5) is 0 Å². The van der Waals surface area contributed by atoms with Gasteiger partial charge in [-0.1, -0.05) is 0 Å². The van der Waals surface area contributed by atoms with Crippen LogP contribution in [0.5, 0.6) is 0 Å². The highest BCUT2D eigenvalue weighted by Gasteiger charge is 2.08. The van der Waals surface area contributed by atoms with E-state index < -0.39 is 0 Å². The van der Waals surface area contributed by atoms with Crippen molar-refractivity contribution in [2.45, 2.75) is 0 Å². The molecule has 0 atom stereocenters. The number of hydrogen-bond acceptors (Lipinski definition) is 3. The Morgan fingerprint density at radius 1 is 1.58 bits per heavy atom. The third kappa shape index (κ3) is 1.30. The fourth-order valence-corrected chi connectivity index (χ4v) is 2.30. The van der Waals surface area contributed by atoms with Crippen LogP contribution in [0.15, 0.2) is 22.4 Å². The summed E-state index contributed by atoms with van der Waals surface area (Å²) >= 11 is 5.02. The highest BCUT2D eigenvalue weighted by molar-refractivity contribution is 9.10. The molecule has 0 spiro atoms. The molecule has 0 saturated heterocycles. The van der Waals surface area contributed by atoms with Crippen molar-refractivity contribution in [3.8, 4) is 10.6 Å². The van der Waals surface area contributed by atoms with Gasteiger partial charge in [0.2, 0.25) is 0 Å². The topological polar surface area (TPSA) is 30.7 Å². The number of hydrogen-bond donors (Lipinski definition) is 0. The van der Waals surface area contributed by atoms with E-state index in [4.69, 9.17) is 0 Å². The number of aryl methyl sites for hydroxylation is 1. The van der Waals surface area contributed by atoms with E-state index in [1.807, 2.05) is 19.4 Å². The smallest absolute Gasteiger partial charge is 0.118 e. The lowest BCUT2D eigenvalue weighted by Gasteiger charge is -1.88. The largest absolute Gasteiger partial charge is 0.274 e. The standard InChI is InChI=1S/C7H6BrN3S/c1-11-3-5(8)7(10-11)6-2-9-4-12-6/h2-4H,1H3. The van der Waals surface area contributed by atoms with Crippen molar-refractivity contribution in [3.05, 3.63) is 22.4 Å². The summed E-state index contributed by atoms with van der Waals surface area (Å²) in [7, 11) is 1.90. The quantitative estimate of drug-likeness (QED) is 0.770. The van der Waals surface area contributed by atoms with Crippen LogP contribution in [0.1, 0.15) is 0 Å². The molecule has 62 valence electrons. The van der Waals surface area contributed by atoms with Crippen LogP contribution < -0.4 is 0 Å². The second-order valence-corrected chi connectivity index (χ2v) is 4.11. The van der Waals surface area contributed by atoms with Crippen LogP contribution in [0.25, 0.3) is 10.6 Å². The van der Waals surface area contributed by atoms with Crippen LogP contribution >= 0.6 is 27.3 Å². The Balaban J connectivity index is 2.54. The van der Waals surface area contributed by atoms with E-state index in [1.54, 1.807) is 21.5 Å². The van der Waals surface area contributed by atoms with E-state index in [0.29, 0.717) is 0 Å². The molecule has 0 amide bonds. The molecule has 0 fully saturated rings. The van der Waals surface area contributed by atoms with E-state index in [1.165, 1.54) is 0 Å². The van der Waals surface area contributed by atoms with E-state index in [0.717, 1.165) is 15.0 Å². The fourth-order valence-electron chi connectivity index (χ4n) is 0.959. The number of nitrogens with zero attached hydrogens (tertiary/aromatic N) is 3. The van der Waals surface area contributed by atoms with Crippen LogP contribution in [0.3, 0.4) is 0 Å². The molecule has 0 radical (unpaired) electrons. The van der Waals surface area contributed by atoms with Crippen molar-refractivity contribution in [1.82, 2.24) is 14.8 Å². The number of aromatic nitrogens is 3. The van der Waals surface area contributed by atoms with Crippen molar-refractivity contribution >= 4 is 27.3 Å². The van der Waals surface area contributed by atoms with Gasteiger partial charge in [0.15, 0.2) is 0 Å². The minimum Gasteiger partial charge on any atom is -0.274 e. The Morgan fingerprint density at radius 3 is 2.92 bits per heavy atom. The van der Waals surface area contributed by atoms with Crippen LogP contribution in [0.2, 0.25) is 0 Å². The lowest BCUT2D eigenvalue weighted by molar-refractivity contribution is 0.771. The first kappa shape index (κ1) is 7.94. The summed E-state index contributed by atoms with van der Waals surface area (Å²) in [6, 6.07) is 0. The molecule has 0 N–H and O–H groups in total. The molecule has 2 aromatic rings.